The molecule has 104 valence electrons. The Hall–Kier alpha value is -2.97. The second-order valence-corrected chi connectivity index (χ2v) is 3.99. The van der Waals surface area contributed by atoms with Crippen LogP contribution in [0.4, 0.5) is 0 Å². The zero-order valence-electron chi connectivity index (χ0n) is 10.3. The monoisotopic (exact) mass is 277 g/mol. The number of rotatable bonds is 5. The van der Waals surface area contributed by atoms with Gasteiger partial charge in [-0.25, -0.2) is 4.52 Å². The highest BCUT2D eigenvalue weighted by Crippen LogP contribution is 2.11. The van der Waals surface area contributed by atoms with Gasteiger partial charge < -0.3 is 15.7 Å². The van der Waals surface area contributed by atoms with Crippen molar-refractivity contribution in [3.05, 3.63) is 30.4 Å². The summed E-state index contributed by atoms with van der Waals surface area (Å²) in [4.78, 5) is 38.7. The van der Waals surface area contributed by atoms with Gasteiger partial charge in [0, 0.05) is 12.4 Å². The summed E-state index contributed by atoms with van der Waals surface area (Å²) in [6.07, 6.45) is 5.74. The molecule has 9 nitrogen and oxygen atoms in total. The van der Waals surface area contributed by atoms with E-state index in [4.69, 9.17) is 10.8 Å². The zero-order valence-corrected chi connectivity index (χ0v) is 10.3. The summed E-state index contributed by atoms with van der Waals surface area (Å²) in [6.45, 7) is -1.11. The SMILES string of the molecule is NC(=O)CN(CC(=O)O)C(=O)c1cnn2ccncc12. The fraction of sp³-hybridized carbons (Fsp3) is 0.182. The van der Waals surface area contributed by atoms with Crippen molar-refractivity contribution in [1.29, 1.82) is 0 Å². The van der Waals surface area contributed by atoms with Gasteiger partial charge in [0.05, 0.1) is 23.5 Å². The third kappa shape index (κ3) is 2.71. The van der Waals surface area contributed by atoms with Gasteiger partial charge in [0.25, 0.3) is 5.91 Å². The molecule has 0 unspecified atom stereocenters. The Morgan fingerprint density at radius 2 is 2.05 bits per heavy atom. The summed E-state index contributed by atoms with van der Waals surface area (Å²) in [6, 6.07) is 0. The lowest BCUT2D eigenvalue weighted by Crippen LogP contribution is -2.41. The average Bonchev–Trinajstić information content (AvgIpc) is 2.79. The first-order valence-corrected chi connectivity index (χ1v) is 5.55. The first-order chi connectivity index (χ1) is 9.49. The van der Waals surface area contributed by atoms with Gasteiger partial charge in [0.1, 0.15) is 13.1 Å². The first kappa shape index (κ1) is 13.5. The first-order valence-electron chi connectivity index (χ1n) is 5.55. The van der Waals surface area contributed by atoms with Crippen LogP contribution in [0.2, 0.25) is 0 Å². The number of hydrogen-bond acceptors (Lipinski definition) is 5. The average molecular weight is 277 g/mol. The minimum atomic E-state index is -1.24. The van der Waals surface area contributed by atoms with Crippen LogP contribution in [0.1, 0.15) is 10.4 Å². The van der Waals surface area contributed by atoms with Gasteiger partial charge >= 0.3 is 5.97 Å². The van der Waals surface area contributed by atoms with E-state index in [-0.39, 0.29) is 5.56 Å². The zero-order chi connectivity index (χ0) is 14.7. The number of carbonyl (C=O) groups excluding carboxylic acids is 2. The van der Waals surface area contributed by atoms with Crippen molar-refractivity contribution in [1.82, 2.24) is 19.5 Å². The number of carbonyl (C=O) groups is 3. The van der Waals surface area contributed by atoms with E-state index in [9.17, 15) is 14.4 Å². The highest BCUT2D eigenvalue weighted by Gasteiger charge is 2.23. The molecule has 0 saturated heterocycles. The molecule has 0 aliphatic rings. The summed E-state index contributed by atoms with van der Waals surface area (Å²) < 4.78 is 1.42. The summed E-state index contributed by atoms with van der Waals surface area (Å²) >= 11 is 0. The van der Waals surface area contributed by atoms with Crippen LogP contribution in [0, 0.1) is 0 Å². The Kier molecular flexibility index (Phi) is 3.60. The maximum absolute atomic E-state index is 12.3. The number of carboxylic acid groups (broad SMARTS) is 1. The molecule has 0 spiro atoms. The molecule has 20 heavy (non-hydrogen) atoms. The lowest BCUT2D eigenvalue weighted by molar-refractivity contribution is -0.138. The van der Waals surface area contributed by atoms with Crippen LogP contribution in [0.15, 0.2) is 24.8 Å². The van der Waals surface area contributed by atoms with Gasteiger partial charge in [-0.1, -0.05) is 0 Å². The minimum Gasteiger partial charge on any atom is -0.480 e. The van der Waals surface area contributed by atoms with E-state index in [1.165, 1.54) is 23.1 Å². The number of nitrogens with zero attached hydrogens (tertiary/aromatic N) is 4. The fourth-order valence-electron chi connectivity index (χ4n) is 1.72. The lowest BCUT2D eigenvalue weighted by Gasteiger charge is -2.18. The molecule has 2 aromatic rings. The quantitative estimate of drug-likeness (QED) is 0.701. The van der Waals surface area contributed by atoms with Crippen molar-refractivity contribution in [2.75, 3.05) is 13.1 Å². The molecule has 3 N–H and O–H groups in total. The molecule has 0 aromatic carbocycles. The molecule has 2 aromatic heterocycles. The van der Waals surface area contributed by atoms with Crippen molar-refractivity contribution in [2.45, 2.75) is 0 Å². The van der Waals surface area contributed by atoms with Gasteiger partial charge in [-0.2, -0.15) is 5.10 Å². The van der Waals surface area contributed by atoms with Crippen LogP contribution in [0.25, 0.3) is 5.52 Å². The molecule has 0 aliphatic heterocycles. The molecule has 0 saturated carbocycles. The normalized spacial score (nSPS) is 10.4. The molecule has 9 heteroatoms. The highest BCUT2D eigenvalue weighted by atomic mass is 16.4. The van der Waals surface area contributed by atoms with Crippen LogP contribution >= 0.6 is 0 Å². The minimum absolute atomic E-state index is 0.153. The largest absolute Gasteiger partial charge is 0.480 e. The maximum Gasteiger partial charge on any atom is 0.323 e. The van der Waals surface area contributed by atoms with E-state index in [1.54, 1.807) is 6.20 Å². The van der Waals surface area contributed by atoms with Gasteiger partial charge in [-0.3, -0.25) is 19.4 Å². The topological polar surface area (TPSA) is 131 Å². The molecule has 2 amide bonds. The van der Waals surface area contributed by atoms with Crippen LogP contribution in [-0.2, 0) is 9.59 Å². The second-order valence-electron chi connectivity index (χ2n) is 3.99. The third-order valence-corrected chi connectivity index (χ3v) is 2.52. The number of amides is 2. The van der Waals surface area contributed by atoms with Gasteiger partial charge in [-0.15, -0.1) is 0 Å². The number of carboxylic acids is 1. The van der Waals surface area contributed by atoms with E-state index >= 15 is 0 Å². The number of fused-ring (bicyclic) bond motifs is 1. The van der Waals surface area contributed by atoms with Crippen molar-refractivity contribution in [3.63, 3.8) is 0 Å². The number of nitrogens with two attached hydrogens (primary N) is 1. The Morgan fingerprint density at radius 1 is 1.30 bits per heavy atom. The Labute approximate surface area is 112 Å². The molecule has 2 heterocycles. The van der Waals surface area contributed by atoms with Gasteiger partial charge in [0.2, 0.25) is 5.91 Å². The van der Waals surface area contributed by atoms with E-state index in [2.05, 4.69) is 10.1 Å². The van der Waals surface area contributed by atoms with Crippen molar-refractivity contribution in [2.24, 2.45) is 5.73 Å². The molecular formula is C11H11N5O4. The van der Waals surface area contributed by atoms with E-state index < -0.39 is 30.9 Å². The van der Waals surface area contributed by atoms with Gasteiger partial charge in [0.15, 0.2) is 0 Å². The van der Waals surface area contributed by atoms with E-state index in [0.717, 1.165) is 4.90 Å². The highest BCUT2D eigenvalue weighted by molar-refractivity contribution is 6.02. The van der Waals surface area contributed by atoms with Crippen molar-refractivity contribution < 1.29 is 19.5 Å². The summed E-state index contributed by atoms with van der Waals surface area (Å²) in [5.41, 5.74) is 5.58. The molecular weight excluding hydrogens is 266 g/mol. The van der Waals surface area contributed by atoms with Crippen LogP contribution in [0.3, 0.4) is 0 Å². The Bertz CT molecular complexity index is 664. The fourth-order valence-corrected chi connectivity index (χ4v) is 1.72. The molecule has 0 atom stereocenters. The van der Waals surface area contributed by atoms with Gasteiger partial charge in [-0.05, 0) is 0 Å². The van der Waals surface area contributed by atoms with Crippen LogP contribution in [-0.4, -0.2) is 55.5 Å². The molecule has 0 fully saturated rings. The smallest absolute Gasteiger partial charge is 0.323 e. The van der Waals surface area contributed by atoms with Crippen molar-refractivity contribution in [3.8, 4) is 0 Å². The number of aromatic nitrogens is 3. The Balaban J connectivity index is 2.35. The van der Waals surface area contributed by atoms with E-state index in [0.29, 0.717) is 5.52 Å². The summed E-state index contributed by atoms with van der Waals surface area (Å²) in [5, 5.41) is 12.7. The molecule has 0 aliphatic carbocycles. The summed E-state index contributed by atoms with van der Waals surface area (Å²) in [7, 11) is 0. The number of aliphatic carboxylic acids is 1. The standard InChI is InChI=1S/C11H11N5O4/c12-9(17)5-15(6-10(18)19)11(20)7-3-14-16-2-1-13-4-8(7)16/h1-4H,5-6H2,(H2,12,17)(H,18,19). The van der Waals surface area contributed by atoms with Crippen LogP contribution in [0.5, 0.6) is 0 Å². The predicted octanol–water partition coefficient (Wildman–Crippen LogP) is -1.26. The number of primary amides is 1. The molecule has 0 bridgehead atoms. The third-order valence-electron chi connectivity index (χ3n) is 2.52. The number of hydrogen-bond donors (Lipinski definition) is 2. The maximum atomic E-state index is 12.3. The van der Waals surface area contributed by atoms with E-state index in [1.807, 2.05) is 0 Å². The molecule has 0 radical (unpaired) electrons. The molecule has 2 rings (SSSR count). The van der Waals surface area contributed by atoms with Crippen molar-refractivity contribution >= 4 is 23.3 Å². The Morgan fingerprint density at radius 3 is 2.70 bits per heavy atom. The predicted molar refractivity (Wildman–Crippen MR) is 65.7 cm³/mol. The summed E-state index contributed by atoms with van der Waals surface area (Å²) in [5.74, 6) is -2.68. The van der Waals surface area contributed by atoms with Crippen LogP contribution < -0.4 is 5.73 Å². The lowest BCUT2D eigenvalue weighted by atomic mass is 10.2. The second kappa shape index (κ2) is 5.34.